The Morgan fingerprint density at radius 3 is 2.88 bits per heavy atom. The van der Waals surface area contributed by atoms with Gasteiger partial charge in [0.2, 0.25) is 5.91 Å². The minimum absolute atomic E-state index is 0.0766. The quantitative estimate of drug-likeness (QED) is 0.906. The maximum atomic E-state index is 12.7. The first-order chi connectivity index (χ1) is 11.6. The van der Waals surface area contributed by atoms with Crippen LogP contribution >= 0.6 is 11.6 Å². The first-order valence-electron chi connectivity index (χ1n) is 8.09. The molecule has 3 rings (SSSR count). The van der Waals surface area contributed by atoms with Gasteiger partial charge >= 0.3 is 0 Å². The minimum Gasteiger partial charge on any atom is -0.495 e. The van der Waals surface area contributed by atoms with Crippen molar-refractivity contribution >= 4 is 28.9 Å². The van der Waals surface area contributed by atoms with Crippen LogP contribution in [-0.4, -0.2) is 25.6 Å². The van der Waals surface area contributed by atoms with E-state index in [2.05, 4.69) is 22.3 Å². The van der Waals surface area contributed by atoms with Crippen LogP contribution in [0.15, 0.2) is 42.5 Å². The second-order valence-electron chi connectivity index (χ2n) is 5.94. The van der Waals surface area contributed by atoms with Gasteiger partial charge in [-0.05, 0) is 49.6 Å². The summed E-state index contributed by atoms with van der Waals surface area (Å²) in [4.78, 5) is 14.9. The average Bonchev–Trinajstić information content (AvgIpc) is 2.61. The molecule has 1 amide bonds. The Labute approximate surface area is 147 Å². The van der Waals surface area contributed by atoms with Crippen LogP contribution < -0.4 is 15.0 Å². The molecule has 5 heteroatoms. The summed E-state index contributed by atoms with van der Waals surface area (Å²) in [5.41, 5.74) is 3.03. The van der Waals surface area contributed by atoms with Crippen LogP contribution in [0.1, 0.15) is 18.9 Å². The van der Waals surface area contributed by atoms with Crippen LogP contribution in [0.4, 0.5) is 11.4 Å². The Balaban J connectivity index is 1.80. The van der Waals surface area contributed by atoms with Crippen LogP contribution in [0.3, 0.4) is 0 Å². The zero-order valence-electron chi connectivity index (χ0n) is 13.9. The highest BCUT2D eigenvalue weighted by atomic mass is 35.5. The fourth-order valence-electron chi connectivity index (χ4n) is 3.12. The van der Waals surface area contributed by atoms with Crippen molar-refractivity contribution in [3.63, 3.8) is 0 Å². The van der Waals surface area contributed by atoms with Gasteiger partial charge in [0.1, 0.15) is 11.8 Å². The second-order valence-corrected chi connectivity index (χ2v) is 6.37. The molecule has 0 fully saturated rings. The summed E-state index contributed by atoms with van der Waals surface area (Å²) in [7, 11) is 1.57. The number of hydrogen-bond acceptors (Lipinski definition) is 3. The first kappa shape index (κ1) is 16.7. The molecule has 0 aliphatic carbocycles. The molecule has 0 saturated heterocycles. The van der Waals surface area contributed by atoms with E-state index in [1.54, 1.807) is 25.3 Å². The van der Waals surface area contributed by atoms with Crippen LogP contribution in [-0.2, 0) is 11.2 Å². The molecule has 0 aromatic heterocycles. The number of methoxy groups -OCH3 is 1. The lowest BCUT2D eigenvalue weighted by atomic mass is 10.00. The minimum atomic E-state index is -0.282. The molecule has 0 saturated carbocycles. The Bertz CT molecular complexity index is 748. The lowest BCUT2D eigenvalue weighted by Gasteiger charge is -2.35. The van der Waals surface area contributed by atoms with Crippen molar-refractivity contribution in [3.8, 4) is 5.75 Å². The van der Waals surface area contributed by atoms with Gasteiger partial charge in [-0.15, -0.1) is 0 Å². The Hall–Kier alpha value is -2.20. The lowest BCUT2D eigenvalue weighted by Crippen LogP contribution is -2.44. The van der Waals surface area contributed by atoms with Crippen molar-refractivity contribution in [1.82, 2.24) is 0 Å². The van der Waals surface area contributed by atoms with E-state index >= 15 is 0 Å². The van der Waals surface area contributed by atoms with Gasteiger partial charge in [0.25, 0.3) is 0 Å². The molecule has 2 aromatic rings. The van der Waals surface area contributed by atoms with Crippen molar-refractivity contribution in [3.05, 3.63) is 53.1 Å². The third-order valence-corrected chi connectivity index (χ3v) is 4.65. The topological polar surface area (TPSA) is 41.6 Å². The predicted molar refractivity (Wildman–Crippen MR) is 98.2 cm³/mol. The summed E-state index contributed by atoms with van der Waals surface area (Å²) in [5, 5.41) is 3.50. The van der Waals surface area contributed by atoms with Gasteiger partial charge in [0, 0.05) is 17.3 Å². The number of carbonyl (C=O) groups is 1. The summed E-state index contributed by atoms with van der Waals surface area (Å²) in [5.74, 6) is 0.520. The van der Waals surface area contributed by atoms with E-state index in [4.69, 9.17) is 16.3 Å². The van der Waals surface area contributed by atoms with Gasteiger partial charge in [-0.3, -0.25) is 4.79 Å². The summed E-state index contributed by atoms with van der Waals surface area (Å²) in [6, 6.07) is 13.2. The number of anilines is 2. The van der Waals surface area contributed by atoms with E-state index < -0.39 is 0 Å². The number of ether oxygens (including phenoxy) is 1. The molecule has 24 heavy (non-hydrogen) atoms. The van der Waals surface area contributed by atoms with E-state index in [0.717, 1.165) is 25.1 Å². The van der Waals surface area contributed by atoms with Gasteiger partial charge in [0.05, 0.1) is 12.8 Å². The number of carbonyl (C=O) groups excluding carboxylic acids is 1. The van der Waals surface area contributed by atoms with Gasteiger partial charge in [-0.1, -0.05) is 29.8 Å². The number of para-hydroxylation sites is 1. The number of aryl methyl sites for hydroxylation is 1. The van der Waals surface area contributed by atoms with Crippen LogP contribution in [0.25, 0.3) is 0 Å². The van der Waals surface area contributed by atoms with E-state index in [-0.39, 0.29) is 11.9 Å². The molecule has 1 aliphatic rings. The van der Waals surface area contributed by atoms with Gasteiger partial charge in [0.15, 0.2) is 0 Å². The summed E-state index contributed by atoms with van der Waals surface area (Å²) < 4.78 is 5.30. The fraction of sp³-hybridized carbons (Fsp3) is 0.316. The molecule has 0 radical (unpaired) electrons. The SMILES string of the molecule is COc1ccc(Cl)cc1NC(=O)[C@@H](C)N1CCCc2ccccc21. The molecule has 4 nitrogen and oxygen atoms in total. The number of hydrogen-bond donors (Lipinski definition) is 1. The Morgan fingerprint density at radius 1 is 1.29 bits per heavy atom. The van der Waals surface area contributed by atoms with E-state index in [1.807, 2.05) is 19.1 Å². The third-order valence-electron chi connectivity index (χ3n) is 4.41. The number of nitrogens with zero attached hydrogens (tertiary/aromatic N) is 1. The first-order valence-corrected chi connectivity index (χ1v) is 8.47. The highest BCUT2D eigenvalue weighted by Crippen LogP contribution is 2.30. The van der Waals surface area contributed by atoms with Crippen molar-refractivity contribution in [1.29, 1.82) is 0 Å². The van der Waals surface area contributed by atoms with Crippen molar-refractivity contribution in [2.45, 2.75) is 25.8 Å². The summed E-state index contributed by atoms with van der Waals surface area (Å²) in [6.45, 7) is 2.80. The maximum absolute atomic E-state index is 12.7. The van der Waals surface area contributed by atoms with E-state index in [0.29, 0.717) is 16.5 Å². The van der Waals surface area contributed by atoms with Crippen LogP contribution in [0.5, 0.6) is 5.75 Å². The number of halogens is 1. The number of nitrogens with one attached hydrogen (secondary N) is 1. The van der Waals surface area contributed by atoms with Gasteiger partial charge in [-0.25, -0.2) is 0 Å². The number of benzene rings is 2. The molecule has 0 bridgehead atoms. The van der Waals surface area contributed by atoms with Gasteiger partial charge in [-0.2, -0.15) is 0 Å². The number of fused-ring (bicyclic) bond motifs is 1. The maximum Gasteiger partial charge on any atom is 0.246 e. The molecule has 0 unspecified atom stereocenters. The Kier molecular flexibility index (Phi) is 4.95. The van der Waals surface area contributed by atoms with Crippen LogP contribution in [0.2, 0.25) is 5.02 Å². The van der Waals surface area contributed by atoms with Crippen molar-refractivity contribution in [2.24, 2.45) is 0 Å². The second kappa shape index (κ2) is 7.14. The summed E-state index contributed by atoms with van der Waals surface area (Å²) in [6.07, 6.45) is 2.11. The molecule has 0 spiro atoms. The van der Waals surface area contributed by atoms with E-state index in [9.17, 15) is 4.79 Å². The average molecular weight is 345 g/mol. The number of rotatable bonds is 4. The molecule has 1 N–H and O–H groups in total. The lowest BCUT2D eigenvalue weighted by molar-refractivity contribution is -0.117. The molecular formula is C19H21ClN2O2. The molecule has 1 aliphatic heterocycles. The standard InChI is InChI=1S/C19H21ClN2O2/c1-13(22-11-5-7-14-6-3-4-8-17(14)22)19(23)21-16-12-15(20)9-10-18(16)24-2/h3-4,6,8-10,12-13H,5,7,11H2,1-2H3,(H,21,23)/t13-/m1/s1. The predicted octanol–water partition coefficient (Wildman–Crippen LogP) is 4.13. The Morgan fingerprint density at radius 2 is 2.08 bits per heavy atom. The molecule has 1 atom stereocenters. The monoisotopic (exact) mass is 344 g/mol. The van der Waals surface area contributed by atoms with Gasteiger partial charge < -0.3 is 15.0 Å². The highest BCUT2D eigenvalue weighted by molar-refractivity contribution is 6.31. The molecule has 1 heterocycles. The number of amides is 1. The zero-order valence-corrected chi connectivity index (χ0v) is 14.6. The van der Waals surface area contributed by atoms with Crippen molar-refractivity contribution in [2.75, 3.05) is 23.9 Å². The molecular weight excluding hydrogens is 324 g/mol. The van der Waals surface area contributed by atoms with Crippen molar-refractivity contribution < 1.29 is 9.53 Å². The zero-order chi connectivity index (χ0) is 17.1. The largest absolute Gasteiger partial charge is 0.495 e. The van der Waals surface area contributed by atoms with Crippen LogP contribution in [0, 0.1) is 0 Å². The normalized spacial score (nSPS) is 14.7. The fourth-order valence-corrected chi connectivity index (χ4v) is 3.29. The summed E-state index contributed by atoms with van der Waals surface area (Å²) >= 11 is 6.04. The molecule has 126 valence electrons. The smallest absolute Gasteiger partial charge is 0.246 e. The third kappa shape index (κ3) is 3.34. The highest BCUT2D eigenvalue weighted by Gasteiger charge is 2.26. The molecule has 2 aromatic carbocycles. The van der Waals surface area contributed by atoms with E-state index in [1.165, 1.54) is 5.56 Å².